The third-order valence-electron chi connectivity index (χ3n) is 5.32. The monoisotopic (exact) mass is 512 g/mol. The van der Waals surface area contributed by atoms with Gasteiger partial charge in [0.25, 0.3) is 0 Å². The quantitative estimate of drug-likeness (QED) is 0.320. The molecule has 0 aromatic heterocycles. The zero-order valence-corrected chi connectivity index (χ0v) is 23.2. The number of hydrogen-bond donors (Lipinski definition) is 2. The Bertz CT molecular complexity index is 1090. The number of ether oxygens (including phenoxy) is 3. The van der Waals surface area contributed by atoms with Crippen LogP contribution in [-0.2, 0) is 31.0 Å². The van der Waals surface area contributed by atoms with E-state index in [4.69, 9.17) is 14.2 Å². The molecule has 0 heterocycles. The maximum atomic E-state index is 12.9. The number of nitrogens with one attached hydrogen (secondary N) is 2. The first-order valence-electron chi connectivity index (χ1n) is 12.3. The third kappa shape index (κ3) is 10.5. The summed E-state index contributed by atoms with van der Waals surface area (Å²) < 4.78 is 16.3. The molecule has 1 atom stereocenters. The fourth-order valence-corrected chi connectivity index (χ4v) is 3.76. The van der Waals surface area contributed by atoms with Gasteiger partial charge in [-0.25, -0.2) is 9.59 Å². The zero-order chi connectivity index (χ0) is 27.9. The van der Waals surface area contributed by atoms with Gasteiger partial charge in [-0.1, -0.05) is 43.3 Å². The Hall–Kier alpha value is -3.55. The van der Waals surface area contributed by atoms with E-state index in [0.29, 0.717) is 5.69 Å². The van der Waals surface area contributed by atoms with E-state index in [1.165, 1.54) is 0 Å². The van der Waals surface area contributed by atoms with Gasteiger partial charge in [0.1, 0.15) is 17.8 Å². The van der Waals surface area contributed by atoms with Crippen molar-refractivity contribution in [3.05, 3.63) is 65.2 Å². The summed E-state index contributed by atoms with van der Waals surface area (Å²) in [7, 11) is 0. The average molecular weight is 513 g/mol. The fourth-order valence-electron chi connectivity index (χ4n) is 3.76. The van der Waals surface area contributed by atoms with Crippen LogP contribution in [-0.4, -0.2) is 35.9 Å². The average Bonchev–Trinajstić information content (AvgIpc) is 2.76. The van der Waals surface area contributed by atoms with Crippen molar-refractivity contribution >= 4 is 23.8 Å². The summed E-state index contributed by atoms with van der Waals surface area (Å²) in [5.74, 6) is -0.402. The third-order valence-corrected chi connectivity index (χ3v) is 5.32. The number of rotatable bonds is 8. The molecule has 0 saturated heterocycles. The highest BCUT2D eigenvalue weighted by atomic mass is 16.6. The molecular weight excluding hydrogens is 472 g/mol. The second kappa shape index (κ2) is 12.1. The molecule has 0 fully saturated rings. The molecule has 2 amide bonds. The molecule has 202 valence electrons. The molecule has 0 radical (unpaired) electrons. The Labute approximate surface area is 220 Å². The summed E-state index contributed by atoms with van der Waals surface area (Å²) in [6.45, 7) is 14.8. The Kier molecular flexibility index (Phi) is 9.73. The predicted molar refractivity (Wildman–Crippen MR) is 143 cm³/mol. The number of carbonyl (C=O) groups excluding carboxylic acids is 3. The number of benzene rings is 2. The van der Waals surface area contributed by atoms with E-state index in [9.17, 15) is 14.4 Å². The van der Waals surface area contributed by atoms with Crippen molar-refractivity contribution < 1.29 is 28.6 Å². The minimum Gasteiger partial charge on any atom is -0.460 e. The van der Waals surface area contributed by atoms with Crippen molar-refractivity contribution in [1.82, 2.24) is 5.32 Å². The van der Waals surface area contributed by atoms with Crippen molar-refractivity contribution in [2.24, 2.45) is 0 Å². The van der Waals surface area contributed by atoms with Crippen molar-refractivity contribution in [1.29, 1.82) is 0 Å². The van der Waals surface area contributed by atoms with E-state index in [2.05, 4.69) is 10.6 Å². The summed E-state index contributed by atoms with van der Waals surface area (Å²) in [5, 5.41) is 5.54. The molecule has 37 heavy (non-hydrogen) atoms. The molecule has 0 aliphatic carbocycles. The van der Waals surface area contributed by atoms with Gasteiger partial charge in [-0.05, 0) is 77.3 Å². The van der Waals surface area contributed by atoms with E-state index < -0.39 is 34.8 Å². The largest absolute Gasteiger partial charge is 0.460 e. The molecule has 2 N–H and O–H groups in total. The number of amides is 2. The SMILES string of the molecule is Cc1ccc(NC(=O)OCc2ccccc2)cc1C(C)(CNC(=O)OC(C)(C)C)CC(=O)OC(C)(C)C. The summed E-state index contributed by atoms with van der Waals surface area (Å²) in [6.07, 6.45) is -1.18. The van der Waals surface area contributed by atoms with Gasteiger partial charge in [0.2, 0.25) is 0 Å². The summed E-state index contributed by atoms with van der Waals surface area (Å²) in [4.78, 5) is 37.7. The molecule has 2 aromatic rings. The maximum absolute atomic E-state index is 12.9. The Morgan fingerprint density at radius 3 is 2.03 bits per heavy atom. The minimum absolute atomic E-state index is 0.00279. The molecule has 0 aliphatic heterocycles. The van der Waals surface area contributed by atoms with Gasteiger partial charge >= 0.3 is 18.2 Å². The lowest BCUT2D eigenvalue weighted by Crippen LogP contribution is -2.43. The lowest BCUT2D eigenvalue weighted by molar-refractivity contribution is -0.156. The van der Waals surface area contributed by atoms with Crippen LogP contribution in [0, 0.1) is 6.92 Å². The van der Waals surface area contributed by atoms with Crippen LogP contribution in [0.4, 0.5) is 15.3 Å². The molecule has 0 aliphatic rings. The first-order chi connectivity index (χ1) is 17.1. The number of esters is 1. The number of carbonyl (C=O) groups is 3. The van der Waals surface area contributed by atoms with Crippen molar-refractivity contribution in [2.45, 2.75) is 85.0 Å². The number of hydrogen-bond acceptors (Lipinski definition) is 6. The van der Waals surface area contributed by atoms with Crippen LogP contribution in [0.25, 0.3) is 0 Å². The van der Waals surface area contributed by atoms with Gasteiger partial charge < -0.3 is 19.5 Å². The fraction of sp³-hybridized carbons (Fsp3) is 0.483. The maximum Gasteiger partial charge on any atom is 0.411 e. The van der Waals surface area contributed by atoms with Crippen LogP contribution >= 0.6 is 0 Å². The van der Waals surface area contributed by atoms with E-state index >= 15 is 0 Å². The van der Waals surface area contributed by atoms with Crippen LogP contribution in [0.15, 0.2) is 48.5 Å². The van der Waals surface area contributed by atoms with Gasteiger partial charge in [-0.15, -0.1) is 0 Å². The van der Waals surface area contributed by atoms with Crippen molar-refractivity contribution in [2.75, 3.05) is 11.9 Å². The minimum atomic E-state index is -0.852. The molecule has 0 bridgehead atoms. The van der Waals surface area contributed by atoms with Gasteiger partial charge in [0.15, 0.2) is 0 Å². The van der Waals surface area contributed by atoms with Gasteiger partial charge in [0.05, 0.1) is 6.42 Å². The van der Waals surface area contributed by atoms with Crippen LogP contribution < -0.4 is 10.6 Å². The molecule has 8 heteroatoms. The highest BCUT2D eigenvalue weighted by Crippen LogP contribution is 2.33. The van der Waals surface area contributed by atoms with E-state index in [-0.39, 0.29) is 19.6 Å². The van der Waals surface area contributed by atoms with E-state index in [0.717, 1.165) is 16.7 Å². The number of aryl methyl sites for hydroxylation is 1. The Morgan fingerprint density at radius 2 is 1.43 bits per heavy atom. The Morgan fingerprint density at radius 1 is 0.811 bits per heavy atom. The lowest BCUT2D eigenvalue weighted by atomic mass is 9.77. The molecule has 8 nitrogen and oxygen atoms in total. The first-order valence-corrected chi connectivity index (χ1v) is 12.3. The van der Waals surface area contributed by atoms with Crippen molar-refractivity contribution in [3.8, 4) is 0 Å². The molecule has 0 spiro atoms. The van der Waals surface area contributed by atoms with Crippen molar-refractivity contribution in [3.63, 3.8) is 0 Å². The highest BCUT2D eigenvalue weighted by molar-refractivity contribution is 5.85. The topological polar surface area (TPSA) is 103 Å². The van der Waals surface area contributed by atoms with Crippen LogP contribution in [0.5, 0.6) is 0 Å². The smallest absolute Gasteiger partial charge is 0.411 e. The lowest BCUT2D eigenvalue weighted by Gasteiger charge is -2.33. The summed E-state index contributed by atoms with van der Waals surface area (Å²) in [5.41, 5.74) is 0.875. The van der Waals surface area contributed by atoms with Gasteiger partial charge in [-0.3, -0.25) is 10.1 Å². The molecule has 0 saturated carbocycles. The van der Waals surface area contributed by atoms with Crippen LogP contribution in [0.3, 0.4) is 0 Å². The number of alkyl carbamates (subject to hydrolysis) is 1. The van der Waals surface area contributed by atoms with E-state index in [1.807, 2.05) is 50.2 Å². The van der Waals surface area contributed by atoms with Gasteiger partial charge in [-0.2, -0.15) is 0 Å². The van der Waals surface area contributed by atoms with Crippen LogP contribution in [0.2, 0.25) is 0 Å². The Balaban J connectivity index is 2.25. The molecular formula is C29H40N2O6. The second-order valence-corrected chi connectivity index (χ2v) is 11.4. The van der Waals surface area contributed by atoms with Gasteiger partial charge in [0, 0.05) is 17.6 Å². The second-order valence-electron chi connectivity index (χ2n) is 11.4. The molecule has 2 aromatic carbocycles. The number of anilines is 1. The highest BCUT2D eigenvalue weighted by Gasteiger charge is 2.34. The zero-order valence-electron chi connectivity index (χ0n) is 23.2. The van der Waals surface area contributed by atoms with Crippen LogP contribution in [0.1, 0.15) is 71.6 Å². The normalized spacial score (nSPS) is 13.2. The standard InChI is InChI=1S/C29H40N2O6/c1-20-14-15-22(31-26(34)35-18-21-12-10-9-11-13-21)16-23(20)29(8,17-24(32)36-27(2,3)4)19-30-25(33)37-28(5,6)7/h9-16H,17-19H2,1-8H3,(H,30,33)(H,31,34). The molecule has 2 rings (SSSR count). The summed E-state index contributed by atoms with van der Waals surface area (Å²) >= 11 is 0. The molecule has 1 unspecified atom stereocenters. The predicted octanol–water partition coefficient (Wildman–Crippen LogP) is 6.26. The van der Waals surface area contributed by atoms with E-state index in [1.54, 1.807) is 53.7 Å². The first kappa shape index (κ1) is 29.7. The summed E-state index contributed by atoms with van der Waals surface area (Å²) in [6, 6.07) is 14.8.